The summed E-state index contributed by atoms with van der Waals surface area (Å²) in [6, 6.07) is 13.5. The molecule has 0 radical (unpaired) electrons. The van der Waals surface area contributed by atoms with Gasteiger partial charge in [-0.05, 0) is 43.8 Å². The maximum Gasteiger partial charge on any atom is 0.253 e. The Labute approximate surface area is 182 Å². The van der Waals surface area contributed by atoms with E-state index in [1.807, 2.05) is 57.1 Å². The zero-order valence-electron chi connectivity index (χ0n) is 17.1. The molecule has 5 nitrogen and oxygen atoms in total. The Bertz CT molecular complexity index is 855. The standard InChI is InChI=1S/C22H27Cl2N3O2/c1-14(2)20(26-21(28)16-10-6-8-12-18(16)24)22(29)25-13-19(27(3)4)15-9-5-7-11-17(15)23/h5-12,14,19-20H,13H2,1-4H3,(H,25,29)(H,26,28)/t19-,20+/m1/s1. The number of hydrogen-bond acceptors (Lipinski definition) is 3. The largest absolute Gasteiger partial charge is 0.352 e. The Kier molecular flexibility index (Phi) is 8.50. The van der Waals surface area contributed by atoms with E-state index < -0.39 is 6.04 Å². The fourth-order valence-electron chi connectivity index (χ4n) is 3.02. The molecular weight excluding hydrogens is 409 g/mol. The lowest BCUT2D eigenvalue weighted by atomic mass is 10.0. The second kappa shape index (κ2) is 10.6. The number of amides is 2. The van der Waals surface area contributed by atoms with Gasteiger partial charge in [0.2, 0.25) is 5.91 Å². The first-order chi connectivity index (χ1) is 13.7. The Morgan fingerprint density at radius 1 is 0.966 bits per heavy atom. The van der Waals surface area contributed by atoms with Crippen molar-refractivity contribution in [3.8, 4) is 0 Å². The molecule has 2 aromatic rings. The molecule has 0 bridgehead atoms. The van der Waals surface area contributed by atoms with Gasteiger partial charge in [0.25, 0.3) is 5.91 Å². The third kappa shape index (κ3) is 6.20. The van der Waals surface area contributed by atoms with Gasteiger partial charge in [-0.3, -0.25) is 9.59 Å². The minimum Gasteiger partial charge on any atom is -0.352 e. The van der Waals surface area contributed by atoms with Crippen molar-refractivity contribution < 1.29 is 9.59 Å². The Morgan fingerprint density at radius 3 is 2.10 bits per heavy atom. The Hall–Kier alpha value is -2.08. The van der Waals surface area contributed by atoms with Gasteiger partial charge < -0.3 is 15.5 Å². The molecule has 2 N–H and O–H groups in total. The number of nitrogens with one attached hydrogen (secondary N) is 2. The van der Waals surface area contributed by atoms with Gasteiger partial charge in [0.05, 0.1) is 16.6 Å². The first-order valence-electron chi connectivity index (χ1n) is 9.46. The summed E-state index contributed by atoms with van der Waals surface area (Å²) < 4.78 is 0. The van der Waals surface area contributed by atoms with E-state index in [4.69, 9.17) is 23.2 Å². The van der Waals surface area contributed by atoms with Crippen LogP contribution in [0.3, 0.4) is 0 Å². The van der Waals surface area contributed by atoms with E-state index in [9.17, 15) is 9.59 Å². The third-order valence-electron chi connectivity index (χ3n) is 4.71. The highest BCUT2D eigenvalue weighted by molar-refractivity contribution is 6.33. The summed E-state index contributed by atoms with van der Waals surface area (Å²) in [5.74, 6) is -0.724. The number of hydrogen-bond donors (Lipinski definition) is 2. The Balaban J connectivity index is 2.10. The SMILES string of the molecule is CC(C)[C@H](NC(=O)c1ccccc1Cl)C(=O)NC[C@H](c1ccccc1Cl)N(C)C. The quantitative estimate of drug-likeness (QED) is 0.653. The highest BCUT2D eigenvalue weighted by atomic mass is 35.5. The van der Waals surface area contributed by atoms with Crippen LogP contribution in [-0.2, 0) is 4.79 Å². The zero-order chi connectivity index (χ0) is 21.6. The molecule has 0 heterocycles. The lowest BCUT2D eigenvalue weighted by Gasteiger charge is -2.28. The van der Waals surface area contributed by atoms with Crippen molar-refractivity contribution in [1.82, 2.24) is 15.5 Å². The van der Waals surface area contributed by atoms with Crippen molar-refractivity contribution in [2.24, 2.45) is 5.92 Å². The zero-order valence-corrected chi connectivity index (χ0v) is 18.6. The molecule has 2 rings (SSSR count). The number of benzene rings is 2. The molecule has 2 atom stereocenters. The lowest BCUT2D eigenvalue weighted by molar-refractivity contribution is -0.124. The van der Waals surface area contributed by atoms with Crippen molar-refractivity contribution >= 4 is 35.0 Å². The van der Waals surface area contributed by atoms with Crippen molar-refractivity contribution in [1.29, 1.82) is 0 Å². The van der Waals surface area contributed by atoms with Crippen molar-refractivity contribution in [2.75, 3.05) is 20.6 Å². The van der Waals surface area contributed by atoms with Crippen LogP contribution in [-0.4, -0.2) is 43.4 Å². The van der Waals surface area contributed by atoms with Crippen LogP contribution in [0.25, 0.3) is 0 Å². The molecule has 0 unspecified atom stereocenters. The number of likely N-dealkylation sites (N-methyl/N-ethyl adjacent to an activating group) is 1. The van der Waals surface area contributed by atoms with Crippen LogP contribution in [0.2, 0.25) is 10.0 Å². The highest BCUT2D eigenvalue weighted by Gasteiger charge is 2.26. The van der Waals surface area contributed by atoms with Crippen LogP contribution in [0.15, 0.2) is 48.5 Å². The topological polar surface area (TPSA) is 61.4 Å². The normalized spacial score (nSPS) is 13.2. The van der Waals surface area contributed by atoms with Crippen molar-refractivity contribution in [3.05, 3.63) is 69.7 Å². The van der Waals surface area contributed by atoms with Gasteiger partial charge in [-0.1, -0.05) is 67.4 Å². The minimum atomic E-state index is -0.687. The second-order valence-electron chi connectivity index (χ2n) is 7.42. The molecular formula is C22H27Cl2N3O2. The summed E-state index contributed by atoms with van der Waals surface area (Å²) in [4.78, 5) is 27.5. The van der Waals surface area contributed by atoms with Crippen LogP contribution in [0, 0.1) is 5.92 Å². The number of nitrogens with zero attached hydrogens (tertiary/aromatic N) is 1. The van der Waals surface area contributed by atoms with Gasteiger partial charge in [0, 0.05) is 11.6 Å². The molecule has 0 aliphatic carbocycles. The van der Waals surface area contributed by atoms with Gasteiger partial charge in [-0.2, -0.15) is 0 Å². The summed E-state index contributed by atoms with van der Waals surface area (Å²) in [6.07, 6.45) is 0. The number of rotatable bonds is 8. The molecule has 156 valence electrons. The predicted molar refractivity (Wildman–Crippen MR) is 118 cm³/mol. The van der Waals surface area contributed by atoms with Gasteiger partial charge in [-0.15, -0.1) is 0 Å². The van der Waals surface area contributed by atoms with E-state index in [1.165, 1.54) is 0 Å². The molecule has 2 aromatic carbocycles. The summed E-state index contributed by atoms with van der Waals surface area (Å²) in [5, 5.41) is 6.75. The second-order valence-corrected chi connectivity index (χ2v) is 8.24. The van der Waals surface area contributed by atoms with E-state index in [0.717, 1.165) is 5.56 Å². The number of carbonyl (C=O) groups excluding carboxylic acids is 2. The van der Waals surface area contributed by atoms with Crippen LogP contribution in [0.5, 0.6) is 0 Å². The molecule has 0 aliphatic heterocycles. The number of carbonyl (C=O) groups is 2. The maximum absolute atomic E-state index is 12.9. The maximum atomic E-state index is 12.9. The average Bonchev–Trinajstić information content (AvgIpc) is 2.67. The van der Waals surface area contributed by atoms with E-state index in [0.29, 0.717) is 22.2 Å². The summed E-state index contributed by atoms with van der Waals surface area (Å²) in [6.45, 7) is 4.13. The van der Waals surface area contributed by atoms with Crippen LogP contribution < -0.4 is 10.6 Å². The molecule has 29 heavy (non-hydrogen) atoms. The van der Waals surface area contributed by atoms with E-state index in [-0.39, 0.29) is 23.8 Å². The first kappa shape index (κ1) is 23.2. The molecule has 0 aliphatic rings. The van der Waals surface area contributed by atoms with Crippen LogP contribution >= 0.6 is 23.2 Å². The molecule has 2 amide bonds. The van der Waals surface area contributed by atoms with Gasteiger partial charge >= 0.3 is 0 Å². The molecule has 0 saturated heterocycles. The summed E-state index contributed by atoms with van der Waals surface area (Å²) in [5.41, 5.74) is 1.27. The van der Waals surface area contributed by atoms with E-state index >= 15 is 0 Å². The minimum absolute atomic E-state index is 0.0975. The van der Waals surface area contributed by atoms with E-state index in [2.05, 4.69) is 10.6 Å². The molecule has 0 aromatic heterocycles. The Morgan fingerprint density at radius 2 is 1.55 bits per heavy atom. The highest BCUT2D eigenvalue weighted by Crippen LogP contribution is 2.25. The molecule has 0 saturated carbocycles. The van der Waals surface area contributed by atoms with Gasteiger partial charge in [0.1, 0.15) is 6.04 Å². The summed E-state index contributed by atoms with van der Waals surface area (Å²) in [7, 11) is 3.86. The lowest BCUT2D eigenvalue weighted by Crippen LogP contribution is -2.51. The third-order valence-corrected chi connectivity index (χ3v) is 5.39. The van der Waals surface area contributed by atoms with Crippen LogP contribution in [0.1, 0.15) is 35.8 Å². The van der Waals surface area contributed by atoms with Crippen molar-refractivity contribution in [3.63, 3.8) is 0 Å². The fourth-order valence-corrected chi connectivity index (χ4v) is 3.51. The molecule has 0 spiro atoms. The molecule has 0 fully saturated rings. The van der Waals surface area contributed by atoms with Gasteiger partial charge in [-0.25, -0.2) is 0 Å². The number of halogens is 2. The average molecular weight is 436 g/mol. The predicted octanol–water partition coefficient (Wildman–Crippen LogP) is 4.17. The first-order valence-corrected chi connectivity index (χ1v) is 10.2. The van der Waals surface area contributed by atoms with Crippen molar-refractivity contribution in [2.45, 2.75) is 25.9 Å². The fraction of sp³-hybridized carbons (Fsp3) is 0.364. The molecule has 7 heteroatoms. The van der Waals surface area contributed by atoms with Gasteiger partial charge in [0.15, 0.2) is 0 Å². The smallest absolute Gasteiger partial charge is 0.253 e. The monoisotopic (exact) mass is 435 g/mol. The summed E-state index contributed by atoms with van der Waals surface area (Å²) >= 11 is 12.4. The van der Waals surface area contributed by atoms with E-state index in [1.54, 1.807) is 24.3 Å². The van der Waals surface area contributed by atoms with Crippen LogP contribution in [0.4, 0.5) is 0 Å².